The number of amides is 3. The molecule has 2 aliphatic rings. The molecule has 3 amide bonds. The van der Waals surface area contributed by atoms with Crippen LogP contribution in [0.2, 0.25) is 0 Å². The van der Waals surface area contributed by atoms with Crippen LogP contribution < -0.4 is 10.2 Å². The van der Waals surface area contributed by atoms with Crippen LogP contribution in [0.3, 0.4) is 0 Å². The second kappa shape index (κ2) is 12.3. The molecule has 0 bridgehead atoms. The lowest BCUT2D eigenvalue weighted by atomic mass is 9.81. The third-order valence-corrected chi connectivity index (χ3v) is 10.1. The van der Waals surface area contributed by atoms with Crippen molar-refractivity contribution in [2.24, 2.45) is 11.8 Å². The number of nitrogens with one attached hydrogen (secondary N) is 1. The normalized spacial score (nSPS) is 18.2. The molecule has 1 saturated heterocycles. The summed E-state index contributed by atoms with van der Waals surface area (Å²) in [6.45, 7) is 3.80. The number of imide groups is 1. The maximum Gasteiger partial charge on any atom is 0.283 e. The van der Waals surface area contributed by atoms with Gasteiger partial charge in [-0.15, -0.1) is 11.3 Å². The zero-order valence-electron chi connectivity index (χ0n) is 24.4. The molecule has 0 unspecified atom stereocenters. The van der Waals surface area contributed by atoms with Crippen molar-refractivity contribution >= 4 is 74.2 Å². The average Bonchev–Trinajstić information content (AvgIpc) is 3.52. The largest absolute Gasteiger partial charge is 0.321 e. The Morgan fingerprint density at radius 1 is 1.07 bits per heavy atom. The van der Waals surface area contributed by atoms with E-state index >= 15 is 0 Å². The number of hydrogen-bond acceptors (Lipinski definition) is 9. The SMILES string of the molecule is Cc1cc(C)cc(NC(=O)/C(C#N)=C/c2ccc(Sc3nc4ccc(N5C(=O)[C@@H]6CCCC[C@H]6C5=O)cc4s3)c([N+](=O)[O-])c2)c1. The van der Waals surface area contributed by atoms with Crippen LogP contribution in [0.15, 0.2) is 69.4 Å². The van der Waals surface area contributed by atoms with Gasteiger partial charge < -0.3 is 5.32 Å². The van der Waals surface area contributed by atoms with E-state index < -0.39 is 10.8 Å². The first kappa shape index (κ1) is 30.2. The van der Waals surface area contributed by atoms with E-state index in [1.54, 1.807) is 42.5 Å². The molecule has 2 fully saturated rings. The van der Waals surface area contributed by atoms with Gasteiger partial charge in [-0.05, 0) is 85.9 Å². The number of aryl methyl sites for hydroxylation is 2. The highest BCUT2D eigenvalue weighted by Crippen LogP contribution is 2.43. The quantitative estimate of drug-likeness (QED) is 0.0736. The molecule has 45 heavy (non-hydrogen) atoms. The number of anilines is 2. The van der Waals surface area contributed by atoms with Gasteiger partial charge in [-0.1, -0.05) is 36.7 Å². The minimum Gasteiger partial charge on any atom is -0.321 e. The van der Waals surface area contributed by atoms with Crippen molar-refractivity contribution in [3.63, 3.8) is 0 Å². The van der Waals surface area contributed by atoms with E-state index in [2.05, 4.69) is 10.3 Å². The summed E-state index contributed by atoms with van der Waals surface area (Å²) in [4.78, 5) is 56.7. The molecule has 1 N–H and O–H groups in total. The van der Waals surface area contributed by atoms with Crippen molar-refractivity contribution in [2.75, 3.05) is 10.2 Å². The Balaban J connectivity index is 1.23. The fourth-order valence-corrected chi connectivity index (χ4v) is 8.14. The first-order valence-corrected chi connectivity index (χ1v) is 16.0. The van der Waals surface area contributed by atoms with Crippen molar-refractivity contribution in [2.45, 2.75) is 48.8 Å². The number of thiazole rings is 1. The summed E-state index contributed by atoms with van der Waals surface area (Å²) in [7, 11) is 0. The van der Waals surface area contributed by atoms with Crippen LogP contribution in [0.1, 0.15) is 42.4 Å². The Labute approximate surface area is 266 Å². The van der Waals surface area contributed by atoms with Crippen LogP contribution in [0.5, 0.6) is 0 Å². The van der Waals surface area contributed by atoms with Gasteiger partial charge in [0.15, 0.2) is 4.34 Å². The molecule has 226 valence electrons. The van der Waals surface area contributed by atoms with Gasteiger partial charge >= 0.3 is 0 Å². The van der Waals surface area contributed by atoms with E-state index in [4.69, 9.17) is 0 Å². The number of nitrogens with zero attached hydrogens (tertiary/aromatic N) is 4. The fourth-order valence-electron chi connectivity index (χ4n) is 6.00. The number of nitriles is 1. The van der Waals surface area contributed by atoms with Crippen molar-refractivity contribution in [1.29, 1.82) is 5.26 Å². The van der Waals surface area contributed by atoms with Crippen molar-refractivity contribution < 1.29 is 19.3 Å². The molecule has 12 heteroatoms. The number of benzene rings is 3. The molecule has 3 aromatic carbocycles. The van der Waals surface area contributed by atoms with Gasteiger partial charge in [-0.3, -0.25) is 29.4 Å². The van der Waals surface area contributed by atoms with Gasteiger partial charge in [0, 0.05) is 11.8 Å². The Kier molecular flexibility index (Phi) is 8.22. The monoisotopic (exact) mass is 637 g/mol. The Morgan fingerprint density at radius 3 is 2.40 bits per heavy atom. The predicted molar refractivity (Wildman–Crippen MR) is 173 cm³/mol. The number of hydrogen-bond donors (Lipinski definition) is 1. The Bertz CT molecular complexity index is 1930. The zero-order chi connectivity index (χ0) is 31.8. The van der Waals surface area contributed by atoms with Gasteiger partial charge in [0.05, 0.1) is 37.6 Å². The van der Waals surface area contributed by atoms with Crippen molar-refractivity contribution in [3.05, 3.63) is 87.0 Å². The van der Waals surface area contributed by atoms with Crippen LogP contribution >= 0.6 is 23.1 Å². The molecule has 1 aliphatic heterocycles. The first-order chi connectivity index (χ1) is 21.6. The number of carbonyl (C=O) groups excluding carboxylic acids is 3. The number of rotatable bonds is 7. The molecule has 0 radical (unpaired) electrons. The first-order valence-electron chi connectivity index (χ1n) is 14.4. The minimum absolute atomic E-state index is 0.143. The maximum atomic E-state index is 13.1. The molecule has 2 heterocycles. The molecular formula is C33H27N5O5S2. The standard InChI is InChI=1S/C33H27N5O5S2/c1-18-11-19(2)13-22(12-18)35-30(39)21(17-34)14-20-7-10-28(27(15-20)38(42)43)44-33-36-26-9-8-23(16-29(26)45-33)37-31(40)24-5-3-4-6-25(24)32(37)41/h7-16,24-25H,3-6H2,1-2H3,(H,35,39)/b21-14+/t24-,25-/m1/s1. The molecule has 2 atom stereocenters. The summed E-state index contributed by atoms with van der Waals surface area (Å²) in [6.07, 6.45) is 4.69. The topological polar surface area (TPSA) is 146 Å². The molecule has 4 aromatic rings. The number of fused-ring (bicyclic) bond motifs is 2. The van der Waals surface area contributed by atoms with Crippen molar-refractivity contribution in [3.8, 4) is 6.07 Å². The number of aromatic nitrogens is 1. The van der Waals surface area contributed by atoms with E-state index in [0.29, 0.717) is 31.7 Å². The van der Waals surface area contributed by atoms with Gasteiger partial charge in [0.1, 0.15) is 11.6 Å². The lowest BCUT2D eigenvalue weighted by Crippen LogP contribution is -2.30. The van der Waals surface area contributed by atoms with Crippen LogP contribution in [0, 0.1) is 47.1 Å². The van der Waals surface area contributed by atoms with Crippen LogP contribution in [-0.2, 0) is 14.4 Å². The summed E-state index contributed by atoms with van der Waals surface area (Å²) >= 11 is 2.43. The highest BCUT2D eigenvalue weighted by molar-refractivity contribution is 8.01. The van der Waals surface area contributed by atoms with Crippen LogP contribution in [0.4, 0.5) is 17.1 Å². The fraction of sp³-hybridized carbons (Fsp3) is 0.242. The lowest BCUT2D eigenvalue weighted by molar-refractivity contribution is -0.387. The molecule has 6 rings (SSSR count). The molecular weight excluding hydrogens is 611 g/mol. The van der Waals surface area contributed by atoms with Crippen LogP contribution in [0.25, 0.3) is 16.3 Å². The van der Waals surface area contributed by atoms with E-state index in [0.717, 1.165) is 53.3 Å². The van der Waals surface area contributed by atoms with E-state index in [1.165, 1.54) is 28.4 Å². The summed E-state index contributed by atoms with van der Waals surface area (Å²) < 4.78 is 1.30. The van der Waals surface area contributed by atoms with Crippen molar-refractivity contribution in [1.82, 2.24) is 4.98 Å². The van der Waals surface area contributed by atoms with E-state index in [-0.39, 0.29) is 34.9 Å². The lowest BCUT2D eigenvalue weighted by Gasteiger charge is -2.19. The average molecular weight is 638 g/mol. The smallest absolute Gasteiger partial charge is 0.283 e. The zero-order valence-corrected chi connectivity index (χ0v) is 26.0. The molecule has 10 nitrogen and oxygen atoms in total. The molecule has 1 aliphatic carbocycles. The summed E-state index contributed by atoms with van der Waals surface area (Å²) in [5, 5.41) is 24.4. The highest BCUT2D eigenvalue weighted by atomic mass is 32.2. The Morgan fingerprint density at radius 2 is 1.76 bits per heavy atom. The van der Waals surface area contributed by atoms with E-state index in [1.807, 2.05) is 26.0 Å². The second-order valence-electron chi connectivity index (χ2n) is 11.2. The third-order valence-electron chi connectivity index (χ3n) is 7.98. The van der Waals surface area contributed by atoms with Crippen LogP contribution in [-0.4, -0.2) is 27.6 Å². The Hall–Kier alpha value is -4.86. The number of nitro benzene ring substituents is 1. The van der Waals surface area contributed by atoms with E-state index in [9.17, 15) is 29.8 Å². The van der Waals surface area contributed by atoms with Gasteiger partial charge in [0.25, 0.3) is 11.6 Å². The summed E-state index contributed by atoms with van der Waals surface area (Å²) in [5.41, 5.74) is 3.57. The second-order valence-corrected chi connectivity index (χ2v) is 13.5. The number of nitro groups is 1. The molecule has 0 spiro atoms. The minimum atomic E-state index is -0.617. The van der Waals surface area contributed by atoms with Gasteiger partial charge in [0.2, 0.25) is 11.8 Å². The van der Waals surface area contributed by atoms with Gasteiger partial charge in [-0.25, -0.2) is 4.98 Å². The summed E-state index contributed by atoms with van der Waals surface area (Å²) in [5.74, 6) is -1.40. The van der Waals surface area contributed by atoms with Gasteiger partial charge in [-0.2, -0.15) is 5.26 Å². The summed E-state index contributed by atoms with van der Waals surface area (Å²) in [6, 6.07) is 17.2. The third kappa shape index (κ3) is 6.09. The molecule has 1 saturated carbocycles. The highest BCUT2D eigenvalue weighted by Gasteiger charge is 2.48. The maximum absolute atomic E-state index is 13.1. The molecule has 1 aromatic heterocycles. The number of carbonyl (C=O) groups is 3. The predicted octanol–water partition coefficient (Wildman–Crippen LogP) is 7.20.